The van der Waals surface area contributed by atoms with Crippen molar-refractivity contribution in [1.82, 2.24) is 14.8 Å². The van der Waals surface area contributed by atoms with Crippen LogP contribution in [-0.2, 0) is 14.3 Å². The van der Waals surface area contributed by atoms with Gasteiger partial charge in [-0.1, -0.05) is 13.0 Å². The first kappa shape index (κ1) is 24.1. The maximum Gasteiger partial charge on any atom is 0.228 e. The Morgan fingerprint density at radius 2 is 2.06 bits per heavy atom. The molecule has 2 aliphatic heterocycles. The number of rotatable bonds is 9. The summed E-state index contributed by atoms with van der Waals surface area (Å²) in [4.78, 5) is 22.3. The van der Waals surface area contributed by atoms with Crippen LogP contribution in [-0.4, -0.2) is 84.4 Å². The van der Waals surface area contributed by atoms with Crippen LogP contribution in [0.4, 0.5) is 5.82 Å². The number of piperazine rings is 1. The lowest BCUT2D eigenvalue weighted by atomic mass is 9.74. The Bertz CT molecular complexity index is 691. The van der Waals surface area contributed by atoms with Gasteiger partial charge in [0.1, 0.15) is 5.82 Å². The zero-order valence-corrected chi connectivity index (χ0v) is 19.7. The van der Waals surface area contributed by atoms with Gasteiger partial charge in [-0.2, -0.15) is 0 Å². The minimum Gasteiger partial charge on any atom is -0.380 e. The van der Waals surface area contributed by atoms with Crippen molar-refractivity contribution < 1.29 is 14.3 Å². The van der Waals surface area contributed by atoms with E-state index < -0.39 is 0 Å². The smallest absolute Gasteiger partial charge is 0.228 e. The standard InChI is InChI=1S/C24H40N4O3/c1-5-30-17-15-27-11-13-28(14-12-27)24(9-16-31-23(3,4)19-24)18-20(2)22(29)26-21-8-6-7-10-25-21/h6-8,10,20H,5,9,11-19H2,1-4H3,(H,25,26,29). The quantitative estimate of drug-likeness (QED) is 0.605. The largest absolute Gasteiger partial charge is 0.380 e. The fourth-order valence-electron chi connectivity index (χ4n) is 5.15. The van der Waals surface area contributed by atoms with Crippen LogP contribution < -0.4 is 5.32 Å². The molecular weight excluding hydrogens is 392 g/mol. The number of aromatic nitrogens is 1. The molecule has 31 heavy (non-hydrogen) atoms. The third-order valence-electron chi connectivity index (χ3n) is 6.66. The van der Waals surface area contributed by atoms with Gasteiger partial charge in [0.25, 0.3) is 0 Å². The zero-order valence-electron chi connectivity index (χ0n) is 19.7. The number of ether oxygens (including phenoxy) is 2. The molecule has 0 aromatic carbocycles. The highest BCUT2D eigenvalue weighted by Crippen LogP contribution is 2.41. The second kappa shape index (κ2) is 10.9. The van der Waals surface area contributed by atoms with E-state index in [1.54, 1.807) is 6.20 Å². The summed E-state index contributed by atoms with van der Waals surface area (Å²) in [5.41, 5.74) is -0.198. The molecule has 3 heterocycles. The molecule has 2 unspecified atom stereocenters. The third kappa shape index (κ3) is 6.72. The van der Waals surface area contributed by atoms with E-state index in [-0.39, 0.29) is 23.0 Å². The van der Waals surface area contributed by atoms with Gasteiger partial charge in [-0.15, -0.1) is 0 Å². The predicted molar refractivity (Wildman–Crippen MR) is 123 cm³/mol. The van der Waals surface area contributed by atoms with Crippen LogP contribution in [0.2, 0.25) is 0 Å². The van der Waals surface area contributed by atoms with E-state index in [0.29, 0.717) is 5.82 Å². The van der Waals surface area contributed by atoms with Gasteiger partial charge in [0.05, 0.1) is 12.2 Å². The molecule has 1 N–H and O–H groups in total. The molecule has 1 aromatic rings. The molecule has 7 heteroatoms. The molecular formula is C24H40N4O3. The Morgan fingerprint density at radius 1 is 1.29 bits per heavy atom. The number of carbonyl (C=O) groups excluding carboxylic acids is 1. The summed E-state index contributed by atoms with van der Waals surface area (Å²) in [6.07, 6.45) is 4.45. The van der Waals surface area contributed by atoms with Gasteiger partial charge in [-0.3, -0.25) is 14.6 Å². The summed E-state index contributed by atoms with van der Waals surface area (Å²) in [5.74, 6) is 0.549. The van der Waals surface area contributed by atoms with Crippen LogP contribution in [0.25, 0.3) is 0 Å². The van der Waals surface area contributed by atoms with E-state index in [4.69, 9.17) is 9.47 Å². The number of nitrogens with zero attached hydrogens (tertiary/aromatic N) is 3. The second-order valence-corrected chi connectivity index (χ2v) is 9.59. The zero-order chi connectivity index (χ0) is 22.3. The van der Waals surface area contributed by atoms with Crippen molar-refractivity contribution in [1.29, 1.82) is 0 Å². The Labute approximate surface area is 187 Å². The lowest BCUT2D eigenvalue weighted by Crippen LogP contribution is -2.62. The lowest BCUT2D eigenvalue weighted by Gasteiger charge is -2.54. The number of hydrogen-bond acceptors (Lipinski definition) is 6. The van der Waals surface area contributed by atoms with Crippen LogP contribution in [0.15, 0.2) is 24.4 Å². The maximum atomic E-state index is 12.9. The number of carbonyl (C=O) groups is 1. The van der Waals surface area contributed by atoms with Gasteiger partial charge < -0.3 is 14.8 Å². The summed E-state index contributed by atoms with van der Waals surface area (Å²) in [6, 6.07) is 5.58. The molecule has 0 radical (unpaired) electrons. The summed E-state index contributed by atoms with van der Waals surface area (Å²) >= 11 is 0. The van der Waals surface area contributed by atoms with Crippen molar-refractivity contribution in [3.05, 3.63) is 24.4 Å². The van der Waals surface area contributed by atoms with E-state index in [1.807, 2.05) is 32.0 Å². The molecule has 2 saturated heterocycles. The van der Waals surface area contributed by atoms with Crippen molar-refractivity contribution in [2.75, 3.05) is 57.9 Å². The molecule has 1 amide bonds. The third-order valence-corrected chi connectivity index (χ3v) is 6.66. The average Bonchev–Trinajstić information content (AvgIpc) is 2.74. The minimum absolute atomic E-state index is 0.0192. The van der Waals surface area contributed by atoms with E-state index in [1.165, 1.54) is 0 Å². The number of pyridine rings is 1. The Morgan fingerprint density at radius 3 is 2.71 bits per heavy atom. The number of hydrogen-bond donors (Lipinski definition) is 1. The van der Waals surface area contributed by atoms with Crippen LogP contribution >= 0.6 is 0 Å². The molecule has 7 nitrogen and oxygen atoms in total. The highest BCUT2D eigenvalue weighted by atomic mass is 16.5. The van der Waals surface area contributed by atoms with E-state index >= 15 is 0 Å². The van der Waals surface area contributed by atoms with Gasteiger partial charge >= 0.3 is 0 Å². The first-order chi connectivity index (χ1) is 14.8. The van der Waals surface area contributed by atoms with Gasteiger partial charge in [0.15, 0.2) is 0 Å². The van der Waals surface area contributed by atoms with E-state index in [2.05, 4.69) is 33.9 Å². The number of amides is 1. The lowest BCUT2D eigenvalue weighted by molar-refractivity contribution is -0.139. The van der Waals surface area contributed by atoms with Crippen LogP contribution in [0, 0.1) is 5.92 Å². The topological polar surface area (TPSA) is 66.9 Å². The van der Waals surface area contributed by atoms with Crippen molar-refractivity contribution >= 4 is 11.7 Å². The first-order valence-electron chi connectivity index (χ1n) is 11.7. The molecule has 2 fully saturated rings. The highest BCUT2D eigenvalue weighted by Gasteiger charge is 2.46. The van der Waals surface area contributed by atoms with Crippen LogP contribution in [0.3, 0.4) is 0 Å². The van der Waals surface area contributed by atoms with Crippen molar-refractivity contribution in [2.24, 2.45) is 5.92 Å². The average molecular weight is 433 g/mol. The molecule has 0 saturated carbocycles. The molecule has 2 atom stereocenters. The number of anilines is 1. The summed E-state index contributed by atoms with van der Waals surface area (Å²) in [7, 11) is 0. The van der Waals surface area contributed by atoms with Crippen LogP contribution in [0.5, 0.6) is 0 Å². The maximum absolute atomic E-state index is 12.9. The highest BCUT2D eigenvalue weighted by molar-refractivity contribution is 5.91. The van der Waals surface area contributed by atoms with Crippen LogP contribution in [0.1, 0.15) is 47.0 Å². The van der Waals surface area contributed by atoms with Gasteiger partial charge in [-0.25, -0.2) is 4.98 Å². The monoisotopic (exact) mass is 432 g/mol. The molecule has 1 aromatic heterocycles. The summed E-state index contributed by atoms with van der Waals surface area (Å²) < 4.78 is 11.6. The van der Waals surface area contributed by atoms with Crippen molar-refractivity contribution in [2.45, 2.75) is 58.1 Å². The fraction of sp³-hybridized carbons (Fsp3) is 0.750. The molecule has 0 bridgehead atoms. The van der Waals surface area contributed by atoms with E-state index in [9.17, 15) is 4.79 Å². The van der Waals surface area contributed by atoms with Gasteiger partial charge in [-0.05, 0) is 52.2 Å². The fourth-order valence-corrected chi connectivity index (χ4v) is 5.15. The molecule has 3 rings (SSSR count). The summed E-state index contributed by atoms with van der Waals surface area (Å²) in [6.45, 7) is 15.9. The Balaban J connectivity index is 1.66. The van der Waals surface area contributed by atoms with Crippen molar-refractivity contribution in [3.8, 4) is 0 Å². The Kier molecular flexibility index (Phi) is 8.44. The SMILES string of the molecule is CCOCCN1CCN(C2(CC(C)C(=O)Nc3ccccn3)CCOC(C)(C)C2)CC1. The number of nitrogens with one attached hydrogen (secondary N) is 1. The minimum atomic E-state index is -0.179. The van der Waals surface area contributed by atoms with Gasteiger partial charge in [0.2, 0.25) is 5.91 Å². The van der Waals surface area contributed by atoms with E-state index in [0.717, 1.165) is 71.8 Å². The first-order valence-corrected chi connectivity index (χ1v) is 11.7. The summed E-state index contributed by atoms with van der Waals surface area (Å²) in [5, 5.41) is 2.99. The van der Waals surface area contributed by atoms with Crippen molar-refractivity contribution in [3.63, 3.8) is 0 Å². The molecule has 0 spiro atoms. The predicted octanol–water partition coefficient (Wildman–Crippen LogP) is 3.03. The van der Waals surface area contributed by atoms with Gasteiger partial charge in [0, 0.05) is 63.6 Å². The Hall–Kier alpha value is -1.54. The molecule has 2 aliphatic rings. The molecule has 174 valence electrons. The normalized spacial score (nSPS) is 25.8. The second-order valence-electron chi connectivity index (χ2n) is 9.59. The molecule has 0 aliphatic carbocycles.